The third kappa shape index (κ3) is 7.06. The number of thioether (sulfide) groups is 1. The molecule has 0 radical (unpaired) electrons. The van der Waals surface area contributed by atoms with Crippen LogP contribution >= 0.6 is 28.3 Å². The smallest absolute Gasteiger partial charge is 0.319 e. The van der Waals surface area contributed by atoms with Crippen LogP contribution < -0.4 is 0 Å². The van der Waals surface area contributed by atoms with Crippen molar-refractivity contribution in [2.24, 2.45) is 0 Å². The van der Waals surface area contributed by atoms with E-state index in [1.165, 1.54) is 0 Å². The Labute approximate surface area is 153 Å². The summed E-state index contributed by atoms with van der Waals surface area (Å²) in [6, 6.07) is 3.44. The third-order valence-electron chi connectivity index (χ3n) is 3.33. The van der Waals surface area contributed by atoms with Crippen LogP contribution in [0.2, 0.25) is 0 Å². The van der Waals surface area contributed by atoms with Crippen LogP contribution in [-0.4, -0.2) is 20.5 Å². The van der Waals surface area contributed by atoms with Crippen molar-refractivity contribution >= 4 is 28.3 Å². The first-order valence-corrected chi connectivity index (χ1v) is 11.0. The van der Waals surface area contributed by atoms with Gasteiger partial charge in [-0.1, -0.05) is 53.3 Å². The van der Waals surface area contributed by atoms with E-state index in [0.717, 1.165) is 11.8 Å². The highest BCUT2D eigenvalue weighted by molar-refractivity contribution is 7.99. The van der Waals surface area contributed by atoms with Crippen molar-refractivity contribution in [2.45, 2.75) is 62.9 Å². The van der Waals surface area contributed by atoms with Gasteiger partial charge in [0, 0.05) is 16.0 Å². The van der Waals surface area contributed by atoms with Crippen molar-refractivity contribution in [3.05, 3.63) is 23.3 Å². The van der Waals surface area contributed by atoms with Gasteiger partial charge in [0.15, 0.2) is 0 Å². The van der Waals surface area contributed by atoms with E-state index in [2.05, 4.69) is 0 Å². The van der Waals surface area contributed by atoms with Gasteiger partial charge in [-0.25, -0.2) is 0 Å². The summed E-state index contributed by atoms with van der Waals surface area (Å²) in [4.78, 5) is 18.5. The number of phenolic OH excluding ortho intramolecular Hbond substituents is 1. The van der Waals surface area contributed by atoms with Crippen LogP contribution in [0.4, 0.5) is 0 Å². The molecule has 0 saturated carbocycles. The van der Waals surface area contributed by atoms with E-state index in [1.54, 1.807) is 12.1 Å². The van der Waals surface area contributed by atoms with E-state index in [4.69, 9.17) is 18.8 Å². The maximum atomic E-state index is 10.9. The molecular formula is C15H26O7P2S. The number of benzene rings is 1. The summed E-state index contributed by atoms with van der Waals surface area (Å²) in [6.45, 7) is 11.7. The minimum atomic E-state index is -3.36. The van der Waals surface area contributed by atoms with Gasteiger partial charge < -0.3 is 14.9 Å². The van der Waals surface area contributed by atoms with Gasteiger partial charge in [-0.3, -0.25) is 18.2 Å². The molecule has 0 aliphatic rings. The van der Waals surface area contributed by atoms with Crippen LogP contribution in [0.5, 0.6) is 5.75 Å². The minimum Gasteiger partial charge on any atom is -0.507 e. The summed E-state index contributed by atoms with van der Waals surface area (Å²) >= 11 is 0.890. The Morgan fingerprint density at radius 3 is 1.56 bits per heavy atom. The number of hydrogen-bond acceptors (Lipinski definition) is 6. The van der Waals surface area contributed by atoms with Crippen LogP contribution in [0.1, 0.15) is 52.7 Å². The van der Waals surface area contributed by atoms with Gasteiger partial charge in [0.05, 0.1) is 0 Å². The maximum Gasteiger partial charge on any atom is 0.319 e. The van der Waals surface area contributed by atoms with E-state index >= 15 is 0 Å². The Hall–Kier alpha value is -0.330. The summed E-state index contributed by atoms with van der Waals surface area (Å²) in [5.74, 6) is 0.189. The largest absolute Gasteiger partial charge is 0.507 e. The fourth-order valence-electron chi connectivity index (χ4n) is 2.17. The lowest BCUT2D eigenvalue weighted by Crippen LogP contribution is -2.17. The molecule has 0 aromatic heterocycles. The lowest BCUT2D eigenvalue weighted by atomic mass is 9.79. The van der Waals surface area contributed by atoms with Crippen molar-refractivity contribution < 1.29 is 33.1 Å². The molecule has 2 unspecified atom stereocenters. The molecule has 2 atom stereocenters. The average molecular weight is 412 g/mol. The molecule has 144 valence electrons. The van der Waals surface area contributed by atoms with Gasteiger partial charge in [-0.15, -0.1) is 0 Å². The molecule has 0 amide bonds. The number of aromatic hydroxyl groups is 1. The number of phenols is 1. The first-order chi connectivity index (χ1) is 11.2. The summed E-state index contributed by atoms with van der Waals surface area (Å²) < 4.78 is 31.3. The Bertz CT molecular complexity index is 614. The van der Waals surface area contributed by atoms with Gasteiger partial charge >= 0.3 is 16.5 Å². The third-order valence-corrected chi connectivity index (χ3v) is 5.39. The highest BCUT2D eigenvalue weighted by Crippen LogP contribution is 2.44. The molecule has 25 heavy (non-hydrogen) atoms. The average Bonchev–Trinajstić information content (AvgIpc) is 2.36. The van der Waals surface area contributed by atoms with E-state index in [9.17, 15) is 14.2 Å². The van der Waals surface area contributed by atoms with Crippen LogP contribution in [0.15, 0.2) is 17.0 Å². The Balaban J connectivity index is 3.38. The standard InChI is InChI=1S/C15H26O7P2S/c1-14(2,3)10-7-9(8-11(12(10)16)15(4,5)6)25-13(21-23(17)18)22-24(19)20/h7-8,13,16,23-24H,1-6H3,(H,17,18)(H,19,20). The molecule has 0 fully saturated rings. The summed E-state index contributed by atoms with van der Waals surface area (Å²) in [6.07, 6.45) is 0. The van der Waals surface area contributed by atoms with E-state index < -0.39 is 22.1 Å². The van der Waals surface area contributed by atoms with Gasteiger partial charge in [0.25, 0.3) is 0 Å². The van der Waals surface area contributed by atoms with Crippen molar-refractivity contribution in [1.82, 2.24) is 0 Å². The minimum absolute atomic E-state index is 0.189. The molecule has 0 aliphatic heterocycles. The quantitative estimate of drug-likeness (QED) is 0.363. The molecule has 0 spiro atoms. The van der Waals surface area contributed by atoms with Gasteiger partial charge in [0.2, 0.25) is 5.62 Å². The maximum absolute atomic E-state index is 10.9. The molecular weight excluding hydrogens is 386 g/mol. The molecule has 0 saturated heterocycles. The topological polar surface area (TPSA) is 113 Å². The second kappa shape index (κ2) is 8.57. The van der Waals surface area contributed by atoms with Crippen LogP contribution in [0.25, 0.3) is 0 Å². The molecule has 1 rings (SSSR count). The normalized spacial score (nSPS) is 16.5. The second-order valence-electron chi connectivity index (χ2n) is 7.54. The first kappa shape index (κ1) is 22.7. The Kier molecular flexibility index (Phi) is 7.79. The fourth-order valence-corrected chi connectivity index (χ4v) is 4.16. The molecule has 7 nitrogen and oxygen atoms in total. The summed E-state index contributed by atoms with van der Waals surface area (Å²) in [7, 11) is -6.72. The first-order valence-electron chi connectivity index (χ1n) is 7.55. The highest BCUT2D eigenvalue weighted by Gasteiger charge is 2.28. The van der Waals surface area contributed by atoms with Crippen LogP contribution in [-0.2, 0) is 29.0 Å². The molecule has 1 aromatic carbocycles. The highest BCUT2D eigenvalue weighted by atomic mass is 32.2. The SMILES string of the molecule is CC(C)(C)c1cc(SC(O[PH](=O)O)O[PH](=O)O)cc(C(C)(C)C)c1O. The van der Waals surface area contributed by atoms with Crippen LogP contribution in [0.3, 0.4) is 0 Å². The summed E-state index contributed by atoms with van der Waals surface area (Å²) in [5.41, 5.74) is -0.735. The van der Waals surface area contributed by atoms with E-state index in [0.29, 0.717) is 16.0 Å². The zero-order valence-electron chi connectivity index (χ0n) is 15.1. The second-order valence-corrected chi connectivity index (χ2v) is 10.2. The van der Waals surface area contributed by atoms with Gasteiger partial charge in [-0.2, -0.15) is 0 Å². The molecule has 10 heteroatoms. The Morgan fingerprint density at radius 1 is 0.920 bits per heavy atom. The van der Waals surface area contributed by atoms with Crippen LogP contribution in [0, 0.1) is 0 Å². The summed E-state index contributed by atoms with van der Waals surface area (Å²) in [5, 5.41) is 10.7. The van der Waals surface area contributed by atoms with E-state index in [1.807, 2.05) is 41.5 Å². The fraction of sp³-hybridized carbons (Fsp3) is 0.600. The molecule has 0 bridgehead atoms. The number of hydrogen-bond donors (Lipinski definition) is 3. The van der Waals surface area contributed by atoms with Crippen molar-refractivity contribution in [2.75, 3.05) is 0 Å². The molecule has 3 N–H and O–H groups in total. The van der Waals surface area contributed by atoms with E-state index in [-0.39, 0.29) is 16.6 Å². The van der Waals surface area contributed by atoms with Crippen molar-refractivity contribution in [1.29, 1.82) is 0 Å². The van der Waals surface area contributed by atoms with Crippen molar-refractivity contribution in [3.8, 4) is 5.75 Å². The lowest BCUT2D eigenvalue weighted by Gasteiger charge is -2.28. The lowest BCUT2D eigenvalue weighted by molar-refractivity contribution is 0.0777. The Morgan fingerprint density at radius 2 is 1.28 bits per heavy atom. The zero-order valence-corrected chi connectivity index (χ0v) is 17.9. The number of rotatable bonds is 6. The zero-order chi connectivity index (χ0) is 19.6. The predicted octanol–water partition coefficient (Wildman–Crippen LogP) is 4.16. The molecule has 0 aliphatic carbocycles. The van der Waals surface area contributed by atoms with Gasteiger partial charge in [0.1, 0.15) is 5.75 Å². The van der Waals surface area contributed by atoms with Crippen molar-refractivity contribution in [3.63, 3.8) is 0 Å². The monoisotopic (exact) mass is 412 g/mol. The molecule has 1 aromatic rings. The predicted molar refractivity (Wildman–Crippen MR) is 99.8 cm³/mol. The molecule has 0 heterocycles. The van der Waals surface area contributed by atoms with Gasteiger partial charge in [-0.05, 0) is 23.0 Å².